The normalized spacial score (nSPS) is 11.1. The van der Waals surface area contributed by atoms with Crippen LogP contribution in [-0.4, -0.2) is 96.8 Å². The van der Waals surface area contributed by atoms with Crippen LogP contribution >= 0.6 is 11.8 Å². The molecule has 216 valence electrons. The minimum absolute atomic E-state index is 0.0377. The summed E-state index contributed by atoms with van der Waals surface area (Å²) in [5, 5.41) is 19.6. The van der Waals surface area contributed by atoms with Crippen LogP contribution in [0.5, 0.6) is 5.75 Å². The van der Waals surface area contributed by atoms with Crippen molar-refractivity contribution in [1.82, 2.24) is 16.0 Å². The van der Waals surface area contributed by atoms with E-state index in [2.05, 4.69) is 27.8 Å². The number of rotatable bonds is 23. The minimum Gasteiger partial charge on any atom is -0.490 e. The maximum absolute atomic E-state index is 12.2. The molecule has 1 rings (SSSR count). The molecule has 0 radical (unpaired) electrons. The van der Waals surface area contributed by atoms with Crippen molar-refractivity contribution in [3.05, 3.63) is 29.8 Å². The summed E-state index contributed by atoms with van der Waals surface area (Å²) in [6.45, 7) is 6.25. The van der Waals surface area contributed by atoms with E-state index in [0.717, 1.165) is 11.8 Å². The number of ether oxygens (including phenoxy) is 5. The molecule has 2 amide bonds. The molecular weight excluding hydrogens is 524 g/mol. The number of hydrogen-bond donors (Lipinski definition) is 3. The Morgan fingerprint density at radius 2 is 1.79 bits per heavy atom. The van der Waals surface area contributed by atoms with Crippen LogP contribution < -0.4 is 20.7 Å². The fourth-order valence-corrected chi connectivity index (χ4v) is 3.33. The van der Waals surface area contributed by atoms with Crippen molar-refractivity contribution in [2.24, 2.45) is 0 Å². The summed E-state index contributed by atoms with van der Waals surface area (Å²) in [7, 11) is 1.82. The zero-order chi connectivity index (χ0) is 28.4. The Labute approximate surface area is 235 Å². The lowest BCUT2D eigenvalue weighted by molar-refractivity contribution is -0.121. The van der Waals surface area contributed by atoms with Crippen LogP contribution in [0.4, 0.5) is 0 Å². The zero-order valence-electron chi connectivity index (χ0n) is 22.8. The van der Waals surface area contributed by atoms with Crippen molar-refractivity contribution in [2.45, 2.75) is 25.2 Å². The lowest BCUT2D eigenvalue weighted by atomic mass is 10.2. The Morgan fingerprint density at radius 1 is 1.00 bits per heavy atom. The average Bonchev–Trinajstić information content (AvgIpc) is 2.94. The van der Waals surface area contributed by atoms with E-state index < -0.39 is 5.44 Å². The van der Waals surface area contributed by atoms with E-state index in [0.29, 0.717) is 83.4 Å². The maximum atomic E-state index is 12.2. The standard InChI is InChI=1S/C27H40N4O7S/c1-3-4-13-34-15-12-30-25(32)9-6-14-35-16-17-36-18-19-37-26(39-22-28)21-38-24-8-5-7-23(20-24)27(33)31-11-10-29-2/h5,7-8,20,26,29H,6,9-19,21H2,1-2H3,(H,30,32)(H,31,33)/t26-/m0/s1. The first kappa shape index (κ1) is 34.2. The number of carbonyl (C=O) groups excluding carboxylic acids is 2. The quantitative estimate of drug-likeness (QED) is 0.0776. The molecule has 39 heavy (non-hydrogen) atoms. The van der Waals surface area contributed by atoms with Gasteiger partial charge < -0.3 is 39.6 Å². The van der Waals surface area contributed by atoms with Crippen LogP contribution in [0.2, 0.25) is 0 Å². The number of thioether (sulfide) groups is 1. The van der Waals surface area contributed by atoms with Crippen LogP contribution in [0.1, 0.15) is 30.1 Å². The average molecular weight is 565 g/mol. The monoisotopic (exact) mass is 564 g/mol. The van der Waals surface area contributed by atoms with Crippen LogP contribution in [0.25, 0.3) is 0 Å². The van der Waals surface area contributed by atoms with E-state index in [1.165, 1.54) is 0 Å². The van der Waals surface area contributed by atoms with Gasteiger partial charge in [0.15, 0.2) is 5.44 Å². The Balaban J connectivity index is 2.10. The van der Waals surface area contributed by atoms with Gasteiger partial charge in [0.25, 0.3) is 5.91 Å². The van der Waals surface area contributed by atoms with Gasteiger partial charge in [-0.15, -0.1) is 5.92 Å². The van der Waals surface area contributed by atoms with Crippen LogP contribution in [-0.2, 0) is 23.7 Å². The second-order valence-corrected chi connectivity index (χ2v) is 8.81. The van der Waals surface area contributed by atoms with Gasteiger partial charge in [0, 0.05) is 38.2 Å². The lowest BCUT2D eigenvalue weighted by Crippen LogP contribution is -2.30. The number of nitriles is 1. The molecule has 3 N–H and O–H groups in total. The fourth-order valence-electron chi connectivity index (χ4n) is 2.91. The molecule has 11 nitrogen and oxygen atoms in total. The van der Waals surface area contributed by atoms with Gasteiger partial charge >= 0.3 is 0 Å². The molecule has 1 aromatic carbocycles. The highest BCUT2D eigenvalue weighted by Crippen LogP contribution is 2.17. The molecule has 1 atom stereocenters. The largest absolute Gasteiger partial charge is 0.490 e. The van der Waals surface area contributed by atoms with E-state index in [9.17, 15) is 9.59 Å². The van der Waals surface area contributed by atoms with Crippen LogP contribution in [0, 0.1) is 22.5 Å². The van der Waals surface area contributed by atoms with E-state index in [1.807, 2.05) is 12.4 Å². The van der Waals surface area contributed by atoms with Crippen molar-refractivity contribution in [3.63, 3.8) is 0 Å². The number of thiocyanates is 1. The smallest absolute Gasteiger partial charge is 0.251 e. The number of carbonyl (C=O) groups is 2. The SMILES string of the molecule is CC#CCOCCNC(=O)CCCOCCOCCO[C@H](COc1cccc(C(=O)NCCNC)c1)SC#N. The first-order valence-corrected chi connectivity index (χ1v) is 13.7. The molecule has 0 bridgehead atoms. The molecular formula is C27H40N4O7S. The maximum Gasteiger partial charge on any atom is 0.251 e. The van der Waals surface area contributed by atoms with Crippen molar-refractivity contribution < 1.29 is 33.3 Å². The number of nitrogens with one attached hydrogen (secondary N) is 3. The number of benzene rings is 1. The molecule has 0 fully saturated rings. The van der Waals surface area contributed by atoms with Gasteiger partial charge in [0.1, 0.15) is 24.4 Å². The molecule has 1 aromatic rings. The summed E-state index contributed by atoms with van der Waals surface area (Å²) >= 11 is 0.955. The van der Waals surface area contributed by atoms with Gasteiger partial charge in [-0.25, -0.2) is 0 Å². The minimum atomic E-state index is -0.509. The lowest BCUT2D eigenvalue weighted by Gasteiger charge is -2.16. The van der Waals surface area contributed by atoms with Gasteiger partial charge in [0.05, 0.1) is 33.0 Å². The Morgan fingerprint density at radius 3 is 2.56 bits per heavy atom. The Hall–Kier alpha value is -2.84. The van der Waals surface area contributed by atoms with Gasteiger partial charge in [-0.2, -0.15) is 5.26 Å². The second-order valence-electron chi connectivity index (χ2n) is 7.87. The molecule has 0 aliphatic rings. The van der Waals surface area contributed by atoms with Crippen molar-refractivity contribution >= 4 is 23.6 Å². The van der Waals surface area contributed by atoms with Gasteiger partial charge in [0.2, 0.25) is 5.91 Å². The first-order valence-electron chi connectivity index (χ1n) is 12.8. The fraction of sp³-hybridized carbons (Fsp3) is 0.593. The van der Waals surface area contributed by atoms with Crippen molar-refractivity contribution in [1.29, 1.82) is 5.26 Å². The highest BCUT2D eigenvalue weighted by atomic mass is 32.2. The third-order valence-corrected chi connectivity index (χ3v) is 5.48. The summed E-state index contributed by atoms with van der Waals surface area (Å²) in [6, 6.07) is 6.84. The predicted molar refractivity (Wildman–Crippen MR) is 149 cm³/mol. The van der Waals surface area contributed by atoms with E-state index in [1.54, 1.807) is 31.2 Å². The van der Waals surface area contributed by atoms with Crippen LogP contribution in [0.3, 0.4) is 0 Å². The molecule has 0 aliphatic carbocycles. The highest BCUT2D eigenvalue weighted by molar-refractivity contribution is 8.04. The predicted octanol–water partition coefficient (Wildman–Crippen LogP) is 1.54. The molecule has 0 heterocycles. The summed E-state index contributed by atoms with van der Waals surface area (Å²) < 4.78 is 27.6. The molecule has 0 aromatic heterocycles. The number of nitrogens with zero attached hydrogens (tertiary/aromatic N) is 1. The number of hydrogen-bond acceptors (Lipinski definition) is 10. The third kappa shape index (κ3) is 19.0. The van der Waals surface area contributed by atoms with Crippen molar-refractivity contribution in [3.8, 4) is 23.0 Å². The van der Waals surface area contributed by atoms with E-state index >= 15 is 0 Å². The number of amides is 2. The van der Waals surface area contributed by atoms with Gasteiger partial charge in [-0.05, 0) is 50.4 Å². The molecule has 0 spiro atoms. The molecule has 0 saturated carbocycles. The molecule has 0 saturated heterocycles. The third-order valence-electron chi connectivity index (χ3n) is 4.84. The zero-order valence-corrected chi connectivity index (χ0v) is 23.6. The van der Waals surface area contributed by atoms with Crippen molar-refractivity contribution in [2.75, 3.05) is 79.5 Å². The first-order chi connectivity index (χ1) is 19.1. The van der Waals surface area contributed by atoms with E-state index in [-0.39, 0.29) is 25.0 Å². The number of likely N-dealkylation sites (N-methyl/N-ethyl adjacent to an activating group) is 1. The topological polar surface area (TPSA) is 140 Å². The summed E-state index contributed by atoms with van der Waals surface area (Å²) in [5.41, 5.74) is -0.0158. The molecule has 12 heteroatoms. The summed E-state index contributed by atoms with van der Waals surface area (Å²) in [4.78, 5) is 23.9. The highest BCUT2D eigenvalue weighted by Gasteiger charge is 2.12. The van der Waals surface area contributed by atoms with Crippen LogP contribution in [0.15, 0.2) is 24.3 Å². The summed E-state index contributed by atoms with van der Waals surface area (Å²) in [5.74, 6) is 5.82. The van der Waals surface area contributed by atoms with Gasteiger partial charge in [-0.3, -0.25) is 9.59 Å². The Bertz CT molecular complexity index is 917. The van der Waals surface area contributed by atoms with Gasteiger partial charge in [-0.1, -0.05) is 12.0 Å². The molecule has 0 unspecified atom stereocenters. The summed E-state index contributed by atoms with van der Waals surface area (Å²) in [6.07, 6.45) is 1.01. The molecule has 0 aliphatic heterocycles. The Kier molecular flexibility index (Phi) is 21.2. The second kappa shape index (κ2) is 24.2. The van der Waals surface area contributed by atoms with E-state index in [4.69, 9.17) is 28.9 Å².